The fraction of sp³-hybridized carbons (Fsp3) is 0.167. The molecule has 0 aliphatic rings. The Labute approximate surface area is 93.2 Å². The highest BCUT2D eigenvalue weighted by atomic mass is 19.1. The van der Waals surface area contributed by atoms with Gasteiger partial charge in [0.2, 0.25) is 0 Å². The second kappa shape index (κ2) is 4.81. The fourth-order valence-corrected chi connectivity index (χ4v) is 1.51. The van der Waals surface area contributed by atoms with Gasteiger partial charge in [-0.3, -0.25) is 0 Å². The minimum Gasteiger partial charge on any atom is -0.321 e. The van der Waals surface area contributed by atoms with E-state index in [2.05, 4.69) is 9.97 Å². The fourth-order valence-electron chi connectivity index (χ4n) is 1.51. The van der Waals surface area contributed by atoms with E-state index in [0.29, 0.717) is 12.2 Å². The summed E-state index contributed by atoms with van der Waals surface area (Å²) in [5.41, 5.74) is 6.78. The first-order valence-electron chi connectivity index (χ1n) is 5.02. The normalized spacial score (nSPS) is 12.4. The maximum Gasteiger partial charge on any atom is 0.145 e. The first kappa shape index (κ1) is 10.7. The van der Waals surface area contributed by atoms with Crippen LogP contribution in [-0.4, -0.2) is 9.97 Å². The molecule has 0 spiro atoms. The van der Waals surface area contributed by atoms with E-state index < -0.39 is 0 Å². The highest BCUT2D eigenvalue weighted by molar-refractivity contribution is 5.18. The predicted molar refractivity (Wildman–Crippen MR) is 59.1 cm³/mol. The van der Waals surface area contributed by atoms with Crippen LogP contribution in [-0.2, 0) is 6.42 Å². The van der Waals surface area contributed by atoms with Crippen LogP contribution in [0.4, 0.5) is 4.39 Å². The quantitative estimate of drug-likeness (QED) is 0.853. The van der Waals surface area contributed by atoms with E-state index in [0.717, 1.165) is 5.56 Å². The van der Waals surface area contributed by atoms with E-state index in [-0.39, 0.29) is 11.9 Å². The molecule has 0 fully saturated rings. The van der Waals surface area contributed by atoms with Crippen LogP contribution < -0.4 is 5.73 Å². The van der Waals surface area contributed by atoms with Gasteiger partial charge in [-0.15, -0.1) is 0 Å². The van der Waals surface area contributed by atoms with Crippen LogP contribution in [0.5, 0.6) is 0 Å². The number of aromatic nitrogens is 2. The zero-order valence-corrected chi connectivity index (χ0v) is 8.68. The average molecular weight is 217 g/mol. The summed E-state index contributed by atoms with van der Waals surface area (Å²) in [7, 11) is 0. The smallest absolute Gasteiger partial charge is 0.145 e. The monoisotopic (exact) mass is 217 g/mol. The summed E-state index contributed by atoms with van der Waals surface area (Å²) in [6.07, 6.45) is 3.82. The van der Waals surface area contributed by atoms with Gasteiger partial charge in [-0.25, -0.2) is 14.4 Å². The van der Waals surface area contributed by atoms with Crippen LogP contribution in [0.3, 0.4) is 0 Å². The number of hydrogen-bond donors (Lipinski definition) is 1. The molecule has 82 valence electrons. The van der Waals surface area contributed by atoms with Crippen molar-refractivity contribution in [3.05, 3.63) is 59.9 Å². The Morgan fingerprint density at radius 1 is 1.19 bits per heavy atom. The van der Waals surface area contributed by atoms with Crippen molar-refractivity contribution in [3.8, 4) is 0 Å². The molecule has 0 saturated carbocycles. The van der Waals surface area contributed by atoms with E-state index in [1.165, 1.54) is 12.1 Å². The lowest BCUT2D eigenvalue weighted by Gasteiger charge is -2.09. The van der Waals surface area contributed by atoms with Crippen molar-refractivity contribution in [2.24, 2.45) is 5.73 Å². The second-order valence-electron chi connectivity index (χ2n) is 3.55. The van der Waals surface area contributed by atoms with Crippen molar-refractivity contribution in [2.45, 2.75) is 12.5 Å². The zero-order chi connectivity index (χ0) is 11.4. The molecule has 0 aliphatic heterocycles. The highest BCUT2D eigenvalue weighted by Gasteiger charge is 2.09. The summed E-state index contributed by atoms with van der Waals surface area (Å²) in [5, 5.41) is 0. The standard InChI is InChI=1S/C12H12FN3/c13-10-4-1-3-9(7-10)8-11(14)12-15-5-2-6-16-12/h1-7,11H,8,14H2. The lowest BCUT2D eigenvalue weighted by atomic mass is 10.1. The van der Waals surface area contributed by atoms with Gasteiger partial charge in [0.15, 0.2) is 0 Å². The zero-order valence-electron chi connectivity index (χ0n) is 8.68. The van der Waals surface area contributed by atoms with Gasteiger partial charge in [0.25, 0.3) is 0 Å². The molecule has 3 nitrogen and oxygen atoms in total. The van der Waals surface area contributed by atoms with Gasteiger partial charge < -0.3 is 5.73 Å². The first-order chi connectivity index (χ1) is 7.75. The maximum atomic E-state index is 12.9. The van der Waals surface area contributed by atoms with Gasteiger partial charge in [0.1, 0.15) is 11.6 Å². The molecule has 0 amide bonds. The van der Waals surface area contributed by atoms with Crippen molar-refractivity contribution in [1.29, 1.82) is 0 Å². The Kier molecular flexibility index (Phi) is 3.22. The van der Waals surface area contributed by atoms with Crippen molar-refractivity contribution in [3.63, 3.8) is 0 Å². The van der Waals surface area contributed by atoms with E-state index in [1.807, 2.05) is 6.07 Å². The highest BCUT2D eigenvalue weighted by Crippen LogP contribution is 2.12. The van der Waals surface area contributed by atoms with Crippen LogP contribution >= 0.6 is 0 Å². The third kappa shape index (κ3) is 2.61. The van der Waals surface area contributed by atoms with E-state index in [9.17, 15) is 4.39 Å². The summed E-state index contributed by atoms with van der Waals surface area (Å²) in [6, 6.07) is 7.83. The molecule has 0 aliphatic carbocycles. The lowest BCUT2D eigenvalue weighted by molar-refractivity contribution is 0.618. The molecule has 2 aromatic rings. The number of halogens is 1. The molecule has 2 rings (SSSR count). The molecule has 1 atom stereocenters. The number of rotatable bonds is 3. The average Bonchev–Trinajstić information content (AvgIpc) is 2.30. The van der Waals surface area contributed by atoms with Crippen LogP contribution in [0.2, 0.25) is 0 Å². The van der Waals surface area contributed by atoms with Crippen LogP contribution in [0.25, 0.3) is 0 Å². The van der Waals surface area contributed by atoms with Gasteiger partial charge in [-0.2, -0.15) is 0 Å². The van der Waals surface area contributed by atoms with Gasteiger partial charge in [-0.05, 0) is 30.2 Å². The minimum absolute atomic E-state index is 0.251. The van der Waals surface area contributed by atoms with Gasteiger partial charge in [-0.1, -0.05) is 12.1 Å². The summed E-state index contributed by atoms with van der Waals surface area (Å²) in [4.78, 5) is 8.13. The van der Waals surface area contributed by atoms with Crippen LogP contribution in [0.15, 0.2) is 42.7 Å². The second-order valence-corrected chi connectivity index (χ2v) is 3.55. The molecule has 1 heterocycles. The van der Waals surface area contributed by atoms with Crippen molar-refractivity contribution in [2.75, 3.05) is 0 Å². The molecule has 1 aromatic heterocycles. The van der Waals surface area contributed by atoms with E-state index in [1.54, 1.807) is 24.5 Å². The van der Waals surface area contributed by atoms with Crippen molar-refractivity contribution >= 4 is 0 Å². The number of nitrogens with two attached hydrogens (primary N) is 1. The third-order valence-corrected chi connectivity index (χ3v) is 2.26. The maximum absolute atomic E-state index is 12.9. The Bertz CT molecular complexity index is 459. The molecular weight excluding hydrogens is 205 g/mol. The van der Waals surface area contributed by atoms with Gasteiger partial charge in [0.05, 0.1) is 6.04 Å². The first-order valence-corrected chi connectivity index (χ1v) is 5.02. The van der Waals surface area contributed by atoms with Crippen molar-refractivity contribution < 1.29 is 4.39 Å². The number of hydrogen-bond acceptors (Lipinski definition) is 3. The SMILES string of the molecule is NC(Cc1cccc(F)c1)c1ncccn1. The van der Waals surface area contributed by atoms with E-state index in [4.69, 9.17) is 5.73 Å². The summed E-state index contributed by atoms with van der Waals surface area (Å²) in [6.45, 7) is 0. The van der Waals surface area contributed by atoms with Crippen molar-refractivity contribution in [1.82, 2.24) is 9.97 Å². The molecule has 4 heteroatoms. The Hall–Kier alpha value is -1.81. The Morgan fingerprint density at radius 2 is 1.94 bits per heavy atom. The molecule has 1 unspecified atom stereocenters. The van der Waals surface area contributed by atoms with Gasteiger partial charge >= 0.3 is 0 Å². The predicted octanol–water partition coefficient (Wildman–Crippen LogP) is 1.86. The third-order valence-electron chi connectivity index (χ3n) is 2.26. The number of nitrogens with zero attached hydrogens (tertiary/aromatic N) is 2. The number of benzene rings is 1. The molecule has 1 aromatic carbocycles. The molecule has 0 radical (unpaired) electrons. The van der Waals surface area contributed by atoms with Gasteiger partial charge in [0, 0.05) is 12.4 Å². The molecular formula is C12H12FN3. The molecule has 0 bridgehead atoms. The Balaban J connectivity index is 2.11. The molecule has 2 N–H and O–H groups in total. The lowest BCUT2D eigenvalue weighted by Crippen LogP contribution is -2.16. The van der Waals surface area contributed by atoms with Crippen LogP contribution in [0.1, 0.15) is 17.4 Å². The van der Waals surface area contributed by atoms with E-state index >= 15 is 0 Å². The minimum atomic E-state index is -0.303. The summed E-state index contributed by atoms with van der Waals surface area (Å²) < 4.78 is 12.9. The topological polar surface area (TPSA) is 51.8 Å². The molecule has 0 saturated heterocycles. The summed E-state index contributed by atoms with van der Waals surface area (Å²) in [5.74, 6) is 0.324. The summed E-state index contributed by atoms with van der Waals surface area (Å²) >= 11 is 0. The Morgan fingerprint density at radius 3 is 2.62 bits per heavy atom. The largest absolute Gasteiger partial charge is 0.321 e. The van der Waals surface area contributed by atoms with Crippen LogP contribution in [0, 0.1) is 5.82 Å². The molecule has 16 heavy (non-hydrogen) atoms.